The highest BCUT2D eigenvalue weighted by Gasteiger charge is 2.41. The average Bonchev–Trinajstić information content (AvgIpc) is 2.63. The molecule has 0 heterocycles. The maximum Gasteiger partial charge on any atom is 0.250 e. The Morgan fingerprint density at radius 3 is 2.19 bits per heavy atom. The number of benzene rings is 2. The SMILES string of the molecule is CN(C)S(=O)(=O)c1c(Cl)ccc(N=C=Nc2ccccc2Br)c1O[Si](C)(C)C(C)(C)C. The van der Waals surface area contributed by atoms with Crippen LogP contribution in [0.3, 0.4) is 0 Å². The molecule has 2 aromatic carbocycles. The number of nitrogens with zero attached hydrogens (tertiary/aromatic N) is 3. The molecule has 2 rings (SSSR count). The Bertz CT molecular complexity index is 1140. The summed E-state index contributed by atoms with van der Waals surface area (Å²) >= 11 is 9.79. The first-order valence-corrected chi connectivity index (χ1v) is 15.1. The zero-order chi connectivity index (χ0) is 23.6. The van der Waals surface area contributed by atoms with E-state index in [9.17, 15) is 8.42 Å². The molecule has 0 atom stereocenters. The molecular formula is C21H27BrClN3O3SSi. The number of para-hydroxylation sites is 1. The van der Waals surface area contributed by atoms with Crippen LogP contribution in [0.1, 0.15) is 20.8 Å². The number of rotatable bonds is 6. The van der Waals surface area contributed by atoms with Crippen molar-refractivity contribution in [1.82, 2.24) is 4.31 Å². The largest absolute Gasteiger partial charge is 0.541 e. The number of hydrogen-bond donors (Lipinski definition) is 0. The van der Waals surface area contributed by atoms with Crippen LogP contribution in [0.25, 0.3) is 0 Å². The van der Waals surface area contributed by atoms with Gasteiger partial charge >= 0.3 is 0 Å². The summed E-state index contributed by atoms with van der Waals surface area (Å²) in [6, 6.07) is 13.2. The molecule has 6 nitrogen and oxygen atoms in total. The maximum absolute atomic E-state index is 13.1. The van der Waals surface area contributed by atoms with Crippen LogP contribution in [0.15, 0.2) is 55.8 Å². The van der Waals surface area contributed by atoms with E-state index < -0.39 is 18.3 Å². The van der Waals surface area contributed by atoms with Crippen molar-refractivity contribution in [2.75, 3.05) is 14.1 Å². The average molecular weight is 545 g/mol. The van der Waals surface area contributed by atoms with Crippen LogP contribution >= 0.6 is 27.5 Å². The Kier molecular flexibility index (Phi) is 7.95. The summed E-state index contributed by atoms with van der Waals surface area (Å²) in [4.78, 5) is 8.43. The summed E-state index contributed by atoms with van der Waals surface area (Å²) in [7, 11) is -3.41. The standard InChI is InChI=1S/C21H27BrClN3O3SSi/c1-21(2,3)31(6,7)29-19-18(25-14-24-17-11-9-8-10-15(17)22)13-12-16(23)20(19)30(27,28)26(4)5/h8-13H,1-7H3. The topological polar surface area (TPSA) is 71.3 Å². The summed E-state index contributed by atoms with van der Waals surface area (Å²) < 4.78 is 34.5. The molecule has 0 saturated heterocycles. The predicted molar refractivity (Wildman–Crippen MR) is 133 cm³/mol. The van der Waals surface area contributed by atoms with Gasteiger partial charge in [-0.05, 0) is 58.3 Å². The molecule has 0 unspecified atom stereocenters. The van der Waals surface area contributed by atoms with Gasteiger partial charge in [-0.2, -0.15) is 9.98 Å². The Morgan fingerprint density at radius 1 is 1.06 bits per heavy atom. The summed E-state index contributed by atoms with van der Waals surface area (Å²) in [5.41, 5.74) is 0.943. The second-order valence-electron chi connectivity index (χ2n) is 8.65. The van der Waals surface area contributed by atoms with E-state index in [2.05, 4.69) is 52.7 Å². The number of sulfonamides is 1. The van der Waals surface area contributed by atoms with Gasteiger partial charge in [0.25, 0.3) is 8.32 Å². The van der Waals surface area contributed by atoms with Crippen LogP contribution in [-0.4, -0.2) is 41.1 Å². The lowest BCUT2D eigenvalue weighted by Crippen LogP contribution is -2.44. The van der Waals surface area contributed by atoms with Crippen molar-refractivity contribution in [2.45, 2.75) is 43.8 Å². The van der Waals surface area contributed by atoms with Gasteiger partial charge in [0.2, 0.25) is 10.0 Å². The smallest absolute Gasteiger partial charge is 0.250 e. The van der Waals surface area contributed by atoms with Crippen LogP contribution in [-0.2, 0) is 10.0 Å². The molecule has 0 saturated carbocycles. The molecule has 0 spiro atoms. The fourth-order valence-corrected chi connectivity index (χ4v) is 5.19. The van der Waals surface area contributed by atoms with Crippen LogP contribution < -0.4 is 4.43 Å². The Balaban J connectivity index is 2.74. The van der Waals surface area contributed by atoms with Crippen molar-refractivity contribution in [2.24, 2.45) is 9.98 Å². The molecule has 0 amide bonds. The zero-order valence-corrected chi connectivity index (χ0v) is 22.9. The fraction of sp³-hybridized carbons (Fsp3) is 0.381. The molecule has 0 fully saturated rings. The van der Waals surface area contributed by atoms with E-state index >= 15 is 0 Å². The quantitative estimate of drug-likeness (QED) is 0.294. The summed E-state index contributed by atoms with van der Waals surface area (Å²) in [5, 5.41) is -0.0950. The first-order valence-electron chi connectivity index (χ1n) is 9.53. The molecule has 0 radical (unpaired) electrons. The third-order valence-electron chi connectivity index (χ3n) is 5.14. The molecule has 0 aliphatic carbocycles. The number of halogens is 2. The van der Waals surface area contributed by atoms with Crippen LogP contribution in [0, 0.1) is 0 Å². The van der Waals surface area contributed by atoms with Crippen molar-refractivity contribution < 1.29 is 12.8 Å². The summed E-state index contributed by atoms with van der Waals surface area (Å²) in [5.74, 6) is 0.127. The highest BCUT2D eigenvalue weighted by molar-refractivity contribution is 9.10. The van der Waals surface area contributed by atoms with Gasteiger partial charge in [-0.1, -0.05) is 44.5 Å². The van der Waals surface area contributed by atoms with Crippen molar-refractivity contribution >= 4 is 63.3 Å². The first-order chi connectivity index (χ1) is 14.2. The van der Waals surface area contributed by atoms with Crippen LogP contribution in [0.2, 0.25) is 23.2 Å². The second-order valence-corrected chi connectivity index (χ2v) is 16.7. The van der Waals surface area contributed by atoms with Crippen LogP contribution in [0.4, 0.5) is 11.4 Å². The van der Waals surface area contributed by atoms with Gasteiger partial charge in [0, 0.05) is 18.6 Å². The minimum absolute atomic E-state index is 0.0732. The van der Waals surface area contributed by atoms with Gasteiger partial charge in [-0.25, -0.2) is 12.7 Å². The molecule has 0 aliphatic heterocycles. The molecule has 0 bridgehead atoms. The van der Waals surface area contributed by atoms with Crippen molar-refractivity contribution in [3.8, 4) is 5.75 Å². The third kappa shape index (κ3) is 5.86. The molecule has 0 aliphatic rings. The highest BCUT2D eigenvalue weighted by atomic mass is 79.9. The van der Waals surface area contributed by atoms with E-state index in [0.717, 1.165) is 8.78 Å². The molecule has 168 valence electrons. The highest BCUT2D eigenvalue weighted by Crippen LogP contribution is 2.45. The normalized spacial score (nSPS) is 12.5. The summed E-state index contributed by atoms with van der Waals surface area (Å²) in [6.45, 7) is 10.3. The molecule has 10 heteroatoms. The van der Waals surface area contributed by atoms with Crippen LogP contribution in [0.5, 0.6) is 5.75 Å². The number of hydrogen-bond acceptors (Lipinski definition) is 5. The van der Waals surface area contributed by atoms with E-state index in [4.69, 9.17) is 16.0 Å². The molecule has 2 aromatic rings. The van der Waals surface area contributed by atoms with E-state index in [1.165, 1.54) is 20.2 Å². The summed E-state index contributed by atoms with van der Waals surface area (Å²) in [6.07, 6.45) is 0. The van der Waals surface area contributed by atoms with Crippen molar-refractivity contribution in [3.63, 3.8) is 0 Å². The van der Waals surface area contributed by atoms with Gasteiger partial charge in [0.15, 0.2) is 5.75 Å². The Hall–Kier alpha value is -1.48. The Morgan fingerprint density at radius 2 is 1.65 bits per heavy atom. The van der Waals surface area contributed by atoms with Gasteiger partial charge < -0.3 is 4.43 Å². The van der Waals surface area contributed by atoms with Gasteiger partial charge in [-0.3, -0.25) is 0 Å². The third-order valence-corrected chi connectivity index (χ3v) is 12.4. The Labute approximate surface area is 199 Å². The monoisotopic (exact) mass is 543 g/mol. The van der Waals surface area contributed by atoms with E-state index in [0.29, 0.717) is 11.4 Å². The van der Waals surface area contributed by atoms with E-state index in [-0.39, 0.29) is 20.7 Å². The van der Waals surface area contributed by atoms with Crippen molar-refractivity contribution in [3.05, 3.63) is 45.9 Å². The molecule has 31 heavy (non-hydrogen) atoms. The van der Waals surface area contributed by atoms with E-state index in [1.807, 2.05) is 37.4 Å². The predicted octanol–water partition coefficient (Wildman–Crippen LogP) is 6.87. The van der Waals surface area contributed by atoms with Crippen molar-refractivity contribution in [1.29, 1.82) is 0 Å². The lowest BCUT2D eigenvalue weighted by molar-refractivity contribution is 0.473. The lowest BCUT2D eigenvalue weighted by Gasteiger charge is -2.37. The molecular weight excluding hydrogens is 518 g/mol. The lowest BCUT2D eigenvalue weighted by atomic mass is 10.2. The molecule has 0 aromatic heterocycles. The van der Waals surface area contributed by atoms with E-state index in [1.54, 1.807) is 6.07 Å². The minimum Gasteiger partial charge on any atom is -0.541 e. The minimum atomic E-state index is -3.89. The van der Waals surface area contributed by atoms with Gasteiger partial charge in [0.1, 0.15) is 16.6 Å². The first kappa shape index (κ1) is 25.8. The fourth-order valence-electron chi connectivity index (χ4n) is 2.22. The van der Waals surface area contributed by atoms with Gasteiger partial charge in [0.05, 0.1) is 10.7 Å². The molecule has 0 N–H and O–H groups in total. The second kappa shape index (κ2) is 9.56. The maximum atomic E-state index is 13.1. The zero-order valence-electron chi connectivity index (χ0n) is 18.7. The van der Waals surface area contributed by atoms with Gasteiger partial charge in [-0.15, -0.1) is 0 Å². The number of aliphatic imine (C=N–C) groups is 2.